The minimum Gasteiger partial charge on any atom is -0.306 e. The van der Waals surface area contributed by atoms with Crippen LogP contribution in [0.2, 0.25) is 0 Å². The molecule has 0 aromatic carbocycles. The minimum absolute atomic E-state index is 0.203. The van der Waals surface area contributed by atoms with E-state index < -0.39 is 0 Å². The summed E-state index contributed by atoms with van der Waals surface area (Å²) in [7, 11) is 0. The summed E-state index contributed by atoms with van der Waals surface area (Å²) in [6, 6.07) is 3.65. The molecular formula is C10H9IN4OS. The maximum Gasteiger partial charge on any atom is 0.270 e. The van der Waals surface area contributed by atoms with Crippen LogP contribution in [0.15, 0.2) is 18.3 Å². The number of halogens is 1. The molecule has 0 saturated heterocycles. The fourth-order valence-corrected chi connectivity index (χ4v) is 2.20. The third-order valence-corrected chi connectivity index (χ3v) is 3.47. The average Bonchev–Trinajstić information content (AvgIpc) is 2.80. The van der Waals surface area contributed by atoms with Crippen LogP contribution in [0.5, 0.6) is 0 Å². The first-order chi connectivity index (χ1) is 8.20. The smallest absolute Gasteiger partial charge is 0.270 e. The summed E-state index contributed by atoms with van der Waals surface area (Å²) < 4.78 is 4.80. The zero-order valence-electron chi connectivity index (χ0n) is 8.98. The van der Waals surface area contributed by atoms with Gasteiger partial charge in [-0.1, -0.05) is 11.4 Å². The second-order valence-electron chi connectivity index (χ2n) is 3.22. The van der Waals surface area contributed by atoms with Gasteiger partial charge in [0.15, 0.2) is 0 Å². The summed E-state index contributed by atoms with van der Waals surface area (Å²) in [5, 5.41) is 6.62. The van der Waals surface area contributed by atoms with Crippen molar-refractivity contribution in [2.75, 3.05) is 5.32 Å². The van der Waals surface area contributed by atoms with Crippen LogP contribution in [0.3, 0.4) is 0 Å². The van der Waals surface area contributed by atoms with Crippen LogP contribution in [-0.2, 0) is 6.42 Å². The third-order valence-electron chi connectivity index (χ3n) is 2.07. The van der Waals surface area contributed by atoms with E-state index in [2.05, 4.69) is 42.5 Å². The number of nitrogens with zero attached hydrogens (tertiary/aromatic N) is 3. The molecule has 0 fully saturated rings. The van der Waals surface area contributed by atoms with Crippen molar-refractivity contribution in [3.8, 4) is 0 Å². The molecule has 0 spiro atoms. The Morgan fingerprint density at radius 2 is 2.35 bits per heavy atom. The SMILES string of the molecule is CCc1nnsc1C(=O)Nc1ccc(I)cn1. The topological polar surface area (TPSA) is 67.8 Å². The van der Waals surface area contributed by atoms with Gasteiger partial charge in [0.05, 0.1) is 5.69 Å². The van der Waals surface area contributed by atoms with Crippen LogP contribution in [-0.4, -0.2) is 20.5 Å². The zero-order valence-corrected chi connectivity index (χ0v) is 11.9. The van der Waals surface area contributed by atoms with Gasteiger partial charge in [0.2, 0.25) is 0 Å². The highest BCUT2D eigenvalue weighted by Crippen LogP contribution is 2.14. The number of carbonyl (C=O) groups is 1. The van der Waals surface area contributed by atoms with Crippen molar-refractivity contribution in [1.29, 1.82) is 0 Å². The van der Waals surface area contributed by atoms with E-state index in [0.717, 1.165) is 20.8 Å². The highest BCUT2D eigenvalue weighted by atomic mass is 127. The largest absolute Gasteiger partial charge is 0.306 e. The molecule has 2 aromatic heterocycles. The zero-order chi connectivity index (χ0) is 12.3. The van der Waals surface area contributed by atoms with E-state index in [-0.39, 0.29) is 5.91 Å². The lowest BCUT2D eigenvalue weighted by Gasteiger charge is -2.02. The van der Waals surface area contributed by atoms with E-state index >= 15 is 0 Å². The fourth-order valence-electron chi connectivity index (χ4n) is 1.24. The first kappa shape index (κ1) is 12.4. The van der Waals surface area contributed by atoms with Gasteiger partial charge in [-0.15, -0.1) is 5.10 Å². The lowest BCUT2D eigenvalue weighted by Crippen LogP contribution is -2.13. The molecule has 2 heterocycles. The van der Waals surface area contributed by atoms with Crippen LogP contribution >= 0.6 is 34.1 Å². The van der Waals surface area contributed by atoms with Crippen molar-refractivity contribution in [3.63, 3.8) is 0 Å². The molecule has 0 atom stereocenters. The van der Waals surface area contributed by atoms with Gasteiger partial charge in [0.25, 0.3) is 5.91 Å². The molecule has 0 unspecified atom stereocenters. The predicted molar refractivity (Wildman–Crippen MR) is 74.2 cm³/mol. The molecule has 88 valence electrons. The summed E-state index contributed by atoms with van der Waals surface area (Å²) in [6.07, 6.45) is 2.39. The Labute approximate surface area is 116 Å². The second kappa shape index (κ2) is 5.50. The summed E-state index contributed by atoms with van der Waals surface area (Å²) in [5.41, 5.74) is 0.720. The number of anilines is 1. The third kappa shape index (κ3) is 2.97. The van der Waals surface area contributed by atoms with Crippen molar-refractivity contribution in [2.45, 2.75) is 13.3 Å². The van der Waals surface area contributed by atoms with Gasteiger partial charge in [-0.3, -0.25) is 4.79 Å². The highest BCUT2D eigenvalue weighted by molar-refractivity contribution is 14.1. The number of hydrogen-bond donors (Lipinski definition) is 1. The van der Waals surface area contributed by atoms with Crippen LogP contribution in [0.25, 0.3) is 0 Å². The molecule has 7 heteroatoms. The molecule has 1 amide bonds. The highest BCUT2D eigenvalue weighted by Gasteiger charge is 2.15. The number of nitrogens with one attached hydrogen (secondary N) is 1. The standard InChI is InChI=1S/C10H9IN4OS/c1-2-7-9(17-15-14-7)10(16)13-8-4-3-6(11)5-12-8/h3-5H,2H2,1H3,(H,12,13,16). The van der Waals surface area contributed by atoms with Crippen LogP contribution in [0.1, 0.15) is 22.3 Å². The number of aryl methyl sites for hydroxylation is 1. The van der Waals surface area contributed by atoms with Gasteiger partial charge in [0, 0.05) is 9.77 Å². The van der Waals surface area contributed by atoms with Gasteiger partial charge in [-0.2, -0.15) is 0 Å². The predicted octanol–water partition coefficient (Wildman–Crippen LogP) is 2.35. The first-order valence-electron chi connectivity index (χ1n) is 4.95. The monoisotopic (exact) mass is 360 g/mol. The quantitative estimate of drug-likeness (QED) is 0.854. The molecule has 5 nitrogen and oxygen atoms in total. The number of aromatic nitrogens is 3. The van der Waals surface area contributed by atoms with E-state index in [9.17, 15) is 4.79 Å². The number of amides is 1. The lowest BCUT2D eigenvalue weighted by molar-refractivity contribution is 0.102. The molecule has 0 aliphatic carbocycles. The number of hydrogen-bond acceptors (Lipinski definition) is 5. The Morgan fingerprint density at radius 3 is 3.00 bits per heavy atom. The van der Waals surface area contributed by atoms with Crippen molar-refractivity contribution in [2.24, 2.45) is 0 Å². The number of pyridine rings is 1. The van der Waals surface area contributed by atoms with Gasteiger partial charge in [0.1, 0.15) is 10.7 Å². The van der Waals surface area contributed by atoms with E-state index in [0.29, 0.717) is 17.1 Å². The summed E-state index contributed by atoms with van der Waals surface area (Å²) >= 11 is 3.26. The Hall–Kier alpha value is -1.09. The molecule has 0 aliphatic rings. The van der Waals surface area contributed by atoms with E-state index in [1.54, 1.807) is 12.3 Å². The Kier molecular flexibility index (Phi) is 4.00. The average molecular weight is 360 g/mol. The number of rotatable bonds is 3. The van der Waals surface area contributed by atoms with Crippen LogP contribution in [0, 0.1) is 3.57 Å². The molecule has 0 saturated carbocycles. The van der Waals surface area contributed by atoms with Gasteiger partial charge in [-0.05, 0) is 52.7 Å². The molecular weight excluding hydrogens is 351 g/mol. The molecule has 0 radical (unpaired) electrons. The van der Waals surface area contributed by atoms with E-state index in [1.807, 2.05) is 13.0 Å². The molecule has 2 rings (SSSR count). The Balaban J connectivity index is 2.14. The normalized spacial score (nSPS) is 10.2. The van der Waals surface area contributed by atoms with Crippen molar-refractivity contribution >= 4 is 45.8 Å². The van der Waals surface area contributed by atoms with Crippen LogP contribution in [0.4, 0.5) is 5.82 Å². The molecule has 0 aliphatic heterocycles. The van der Waals surface area contributed by atoms with E-state index in [4.69, 9.17) is 0 Å². The van der Waals surface area contributed by atoms with Crippen molar-refractivity contribution in [1.82, 2.24) is 14.6 Å². The fraction of sp³-hybridized carbons (Fsp3) is 0.200. The summed E-state index contributed by atoms with van der Waals surface area (Å²) in [4.78, 5) is 16.6. The molecule has 0 bridgehead atoms. The summed E-state index contributed by atoms with van der Waals surface area (Å²) in [5.74, 6) is 0.330. The number of carbonyl (C=O) groups excluding carboxylic acids is 1. The van der Waals surface area contributed by atoms with Crippen LogP contribution < -0.4 is 5.32 Å². The molecule has 1 N–H and O–H groups in total. The minimum atomic E-state index is -0.203. The second-order valence-corrected chi connectivity index (χ2v) is 5.22. The first-order valence-corrected chi connectivity index (χ1v) is 6.80. The maximum absolute atomic E-state index is 11.9. The van der Waals surface area contributed by atoms with Gasteiger partial charge in [-0.25, -0.2) is 4.98 Å². The molecule has 17 heavy (non-hydrogen) atoms. The van der Waals surface area contributed by atoms with Gasteiger partial charge < -0.3 is 5.32 Å². The summed E-state index contributed by atoms with van der Waals surface area (Å²) in [6.45, 7) is 1.94. The van der Waals surface area contributed by atoms with Crippen molar-refractivity contribution < 1.29 is 4.79 Å². The lowest BCUT2D eigenvalue weighted by atomic mass is 10.3. The van der Waals surface area contributed by atoms with Crippen molar-refractivity contribution in [3.05, 3.63) is 32.5 Å². The van der Waals surface area contributed by atoms with Gasteiger partial charge >= 0.3 is 0 Å². The molecule has 2 aromatic rings. The Morgan fingerprint density at radius 1 is 1.53 bits per heavy atom. The Bertz CT molecular complexity index is 525. The van der Waals surface area contributed by atoms with E-state index in [1.165, 1.54) is 0 Å². The maximum atomic E-state index is 11.9.